The number of halogens is 1. The van der Waals surface area contributed by atoms with Gasteiger partial charge in [0, 0.05) is 0 Å². The zero-order chi connectivity index (χ0) is 12.3. The maximum atomic E-state index is 12.7. The van der Waals surface area contributed by atoms with Crippen LogP contribution in [0, 0.1) is 5.82 Å². The van der Waals surface area contributed by atoms with E-state index >= 15 is 0 Å². The summed E-state index contributed by atoms with van der Waals surface area (Å²) in [5, 5.41) is 13.2. The summed E-state index contributed by atoms with van der Waals surface area (Å²) in [7, 11) is 0. The first-order valence-electron chi connectivity index (χ1n) is 5.31. The molecule has 0 bridgehead atoms. The molecule has 0 aliphatic rings. The Morgan fingerprint density at radius 3 is 2.94 bits per heavy atom. The van der Waals surface area contributed by atoms with Crippen LogP contribution in [0.3, 0.4) is 0 Å². The predicted molar refractivity (Wildman–Crippen MR) is 57.5 cm³/mol. The molecule has 1 atom stereocenters. The minimum atomic E-state index is -0.496. The molecular formula is C11H12FN3O2. The second kappa shape index (κ2) is 5.01. The molecule has 0 aliphatic heterocycles. The Morgan fingerprint density at radius 2 is 2.29 bits per heavy atom. The van der Waals surface area contributed by atoms with Gasteiger partial charge in [-0.2, -0.15) is 4.98 Å². The fourth-order valence-electron chi connectivity index (χ4n) is 1.30. The maximum absolute atomic E-state index is 12.7. The van der Waals surface area contributed by atoms with Crippen LogP contribution in [0.25, 0.3) is 11.5 Å². The molecule has 0 radical (unpaired) electrons. The summed E-state index contributed by atoms with van der Waals surface area (Å²) in [5.41, 5.74) is 0.437. The molecule has 2 rings (SSSR count). The minimum absolute atomic E-state index is 0.295. The predicted octanol–water partition coefficient (Wildman–Crippen LogP) is 1.58. The monoisotopic (exact) mass is 237 g/mol. The molecule has 2 aromatic rings. The molecule has 0 amide bonds. The van der Waals surface area contributed by atoms with Crippen LogP contribution >= 0.6 is 0 Å². The fraction of sp³-hybridized carbons (Fsp3) is 0.364. The van der Waals surface area contributed by atoms with Gasteiger partial charge in [-0.05, 0) is 18.6 Å². The van der Waals surface area contributed by atoms with Crippen molar-refractivity contribution in [2.24, 2.45) is 0 Å². The smallest absolute Gasteiger partial charge is 0.229 e. The van der Waals surface area contributed by atoms with Gasteiger partial charge in [0.05, 0.1) is 18.7 Å². The first-order chi connectivity index (χ1) is 8.19. The van der Waals surface area contributed by atoms with Gasteiger partial charge in [0.2, 0.25) is 11.7 Å². The largest absolute Gasteiger partial charge is 0.393 e. The van der Waals surface area contributed by atoms with E-state index in [0.717, 1.165) is 6.20 Å². The van der Waals surface area contributed by atoms with Crippen molar-refractivity contribution in [3.05, 3.63) is 30.0 Å². The van der Waals surface area contributed by atoms with Crippen LogP contribution < -0.4 is 0 Å². The van der Waals surface area contributed by atoms with Gasteiger partial charge < -0.3 is 9.63 Å². The summed E-state index contributed by atoms with van der Waals surface area (Å²) in [4.78, 5) is 7.91. The summed E-state index contributed by atoms with van der Waals surface area (Å²) in [5.74, 6) is 0.225. The number of hydrogen-bond donors (Lipinski definition) is 1. The topological polar surface area (TPSA) is 72.0 Å². The second-order valence-corrected chi connectivity index (χ2v) is 3.64. The van der Waals surface area contributed by atoms with E-state index in [-0.39, 0.29) is 0 Å². The molecule has 0 fully saturated rings. The minimum Gasteiger partial charge on any atom is -0.393 e. The number of aliphatic hydroxyl groups is 1. The normalized spacial score (nSPS) is 12.6. The third-order valence-corrected chi connectivity index (χ3v) is 2.31. The average Bonchev–Trinajstić information content (AvgIpc) is 2.78. The van der Waals surface area contributed by atoms with Crippen molar-refractivity contribution in [3.8, 4) is 11.5 Å². The molecule has 6 heteroatoms. The molecule has 5 nitrogen and oxygen atoms in total. The zero-order valence-corrected chi connectivity index (χ0v) is 9.30. The average molecular weight is 237 g/mol. The molecular weight excluding hydrogens is 225 g/mol. The molecule has 2 aromatic heterocycles. The van der Waals surface area contributed by atoms with E-state index in [2.05, 4.69) is 15.1 Å². The van der Waals surface area contributed by atoms with Crippen molar-refractivity contribution in [1.82, 2.24) is 15.1 Å². The number of rotatable bonds is 4. The van der Waals surface area contributed by atoms with Gasteiger partial charge >= 0.3 is 0 Å². The van der Waals surface area contributed by atoms with Crippen molar-refractivity contribution in [2.75, 3.05) is 0 Å². The van der Waals surface area contributed by atoms with Gasteiger partial charge in [0.1, 0.15) is 11.5 Å². The molecule has 1 unspecified atom stereocenters. The van der Waals surface area contributed by atoms with E-state index < -0.39 is 11.9 Å². The van der Waals surface area contributed by atoms with Crippen molar-refractivity contribution < 1.29 is 14.0 Å². The number of pyridine rings is 1. The highest BCUT2D eigenvalue weighted by Gasteiger charge is 2.12. The highest BCUT2D eigenvalue weighted by Crippen LogP contribution is 2.14. The van der Waals surface area contributed by atoms with Crippen LogP contribution in [0.5, 0.6) is 0 Å². The van der Waals surface area contributed by atoms with Gasteiger partial charge in [0.15, 0.2) is 0 Å². The van der Waals surface area contributed by atoms with E-state index in [0.29, 0.717) is 30.3 Å². The second-order valence-electron chi connectivity index (χ2n) is 3.64. The Kier molecular flexibility index (Phi) is 3.43. The fourth-order valence-corrected chi connectivity index (χ4v) is 1.30. The molecule has 1 N–H and O–H groups in total. The SMILES string of the molecule is CCC(O)Cc1nc(-c2ccc(F)cn2)no1. The van der Waals surface area contributed by atoms with Crippen LogP contribution in [0.2, 0.25) is 0 Å². The Bertz CT molecular complexity index is 484. The van der Waals surface area contributed by atoms with E-state index in [9.17, 15) is 9.50 Å². The van der Waals surface area contributed by atoms with E-state index in [1.54, 1.807) is 0 Å². The lowest BCUT2D eigenvalue weighted by atomic mass is 10.2. The molecule has 0 saturated heterocycles. The lowest BCUT2D eigenvalue weighted by Crippen LogP contribution is -2.08. The summed E-state index contributed by atoms with van der Waals surface area (Å²) in [6.45, 7) is 1.86. The lowest BCUT2D eigenvalue weighted by Gasteiger charge is -2.01. The zero-order valence-electron chi connectivity index (χ0n) is 9.30. The quantitative estimate of drug-likeness (QED) is 0.874. The van der Waals surface area contributed by atoms with Gasteiger partial charge in [-0.1, -0.05) is 12.1 Å². The summed E-state index contributed by atoms with van der Waals surface area (Å²) in [6, 6.07) is 2.75. The highest BCUT2D eigenvalue weighted by molar-refractivity contribution is 5.47. The van der Waals surface area contributed by atoms with Gasteiger partial charge in [-0.3, -0.25) is 0 Å². The van der Waals surface area contributed by atoms with Crippen LogP contribution in [0.4, 0.5) is 4.39 Å². The Labute approximate surface area is 97.3 Å². The van der Waals surface area contributed by atoms with E-state index in [1.807, 2.05) is 6.92 Å². The van der Waals surface area contributed by atoms with Crippen LogP contribution in [0.1, 0.15) is 19.2 Å². The molecule has 2 heterocycles. The molecule has 0 spiro atoms. The molecule has 17 heavy (non-hydrogen) atoms. The Balaban J connectivity index is 2.15. The third-order valence-electron chi connectivity index (χ3n) is 2.31. The summed E-state index contributed by atoms with van der Waals surface area (Å²) >= 11 is 0. The maximum Gasteiger partial charge on any atom is 0.229 e. The van der Waals surface area contributed by atoms with Crippen LogP contribution in [-0.2, 0) is 6.42 Å². The Morgan fingerprint density at radius 1 is 1.47 bits per heavy atom. The standard InChI is InChI=1S/C11H12FN3O2/c1-2-8(16)5-10-14-11(15-17-10)9-4-3-7(12)6-13-9/h3-4,6,8,16H,2,5H2,1H3. The number of hydrogen-bond acceptors (Lipinski definition) is 5. The van der Waals surface area contributed by atoms with Crippen LogP contribution in [0.15, 0.2) is 22.9 Å². The number of aromatic nitrogens is 3. The number of aliphatic hydroxyl groups excluding tert-OH is 1. The van der Waals surface area contributed by atoms with Gasteiger partial charge in [0.25, 0.3) is 0 Å². The van der Waals surface area contributed by atoms with E-state index in [1.165, 1.54) is 12.1 Å². The van der Waals surface area contributed by atoms with E-state index in [4.69, 9.17) is 4.52 Å². The van der Waals surface area contributed by atoms with Crippen LogP contribution in [-0.4, -0.2) is 26.3 Å². The van der Waals surface area contributed by atoms with Crippen molar-refractivity contribution in [1.29, 1.82) is 0 Å². The lowest BCUT2D eigenvalue weighted by molar-refractivity contribution is 0.158. The highest BCUT2D eigenvalue weighted by atomic mass is 19.1. The Hall–Kier alpha value is -1.82. The van der Waals surface area contributed by atoms with Gasteiger partial charge in [-0.25, -0.2) is 9.37 Å². The number of nitrogens with zero attached hydrogens (tertiary/aromatic N) is 3. The summed E-state index contributed by atoms with van der Waals surface area (Å²) in [6.07, 6.45) is 1.52. The third kappa shape index (κ3) is 2.85. The first-order valence-corrected chi connectivity index (χ1v) is 5.31. The molecule has 90 valence electrons. The van der Waals surface area contributed by atoms with Crippen molar-refractivity contribution in [3.63, 3.8) is 0 Å². The molecule has 0 saturated carbocycles. The van der Waals surface area contributed by atoms with Crippen molar-refractivity contribution in [2.45, 2.75) is 25.9 Å². The molecule has 0 aromatic carbocycles. The molecule has 0 aliphatic carbocycles. The summed E-state index contributed by atoms with van der Waals surface area (Å²) < 4.78 is 17.6. The first kappa shape index (κ1) is 11.7. The van der Waals surface area contributed by atoms with Gasteiger partial charge in [-0.15, -0.1) is 0 Å². The van der Waals surface area contributed by atoms with Crippen molar-refractivity contribution >= 4 is 0 Å².